The maximum Gasteiger partial charge on any atom is 0.203 e. The number of benzene rings is 1. The highest BCUT2D eigenvalue weighted by atomic mass is 15.3. The zero-order valence-corrected chi connectivity index (χ0v) is 10.0. The largest absolute Gasteiger partial charge is 0.342 e. The number of para-hydroxylation sites is 2. The van der Waals surface area contributed by atoms with Gasteiger partial charge in [-0.1, -0.05) is 25.5 Å². The number of anilines is 1. The number of nitrogens with zero attached hydrogens (tertiary/aromatic N) is 2. The standard InChI is InChI=1S/C14H18N3/c1-2-11-7-9-17(10-8-11)14-15-12-5-3-4-6-13(12)16-14/h3-6,11H,1-2,7-10H2,(H,15,16). The minimum atomic E-state index is 0.802. The number of piperidine rings is 1. The lowest BCUT2D eigenvalue weighted by molar-refractivity contribution is 0.406. The van der Waals surface area contributed by atoms with Gasteiger partial charge in [0, 0.05) is 13.1 Å². The summed E-state index contributed by atoms with van der Waals surface area (Å²) in [5.74, 6) is 1.82. The molecule has 3 heteroatoms. The van der Waals surface area contributed by atoms with Crippen LogP contribution in [0.4, 0.5) is 5.95 Å². The first-order valence-electron chi connectivity index (χ1n) is 6.36. The molecule has 0 amide bonds. The zero-order valence-electron chi connectivity index (χ0n) is 10.0. The van der Waals surface area contributed by atoms with Crippen molar-refractivity contribution in [2.45, 2.75) is 19.3 Å². The molecule has 1 aliphatic rings. The molecule has 0 unspecified atom stereocenters. The van der Waals surface area contributed by atoms with Crippen molar-refractivity contribution in [1.29, 1.82) is 0 Å². The molecule has 0 saturated carbocycles. The van der Waals surface area contributed by atoms with Gasteiger partial charge in [0.05, 0.1) is 11.0 Å². The average Bonchev–Trinajstić information content (AvgIpc) is 2.82. The molecule has 17 heavy (non-hydrogen) atoms. The molecule has 1 saturated heterocycles. The molecule has 2 heterocycles. The van der Waals surface area contributed by atoms with Gasteiger partial charge in [-0.05, 0) is 30.9 Å². The number of imidazole rings is 1. The topological polar surface area (TPSA) is 31.9 Å². The summed E-state index contributed by atoms with van der Waals surface area (Å²) in [6.07, 6.45) is 3.54. The minimum Gasteiger partial charge on any atom is -0.342 e. The first-order valence-corrected chi connectivity index (χ1v) is 6.36. The van der Waals surface area contributed by atoms with Gasteiger partial charge in [0.1, 0.15) is 0 Å². The van der Waals surface area contributed by atoms with E-state index in [1.54, 1.807) is 0 Å². The predicted molar refractivity (Wildman–Crippen MR) is 71.0 cm³/mol. The van der Waals surface area contributed by atoms with Crippen molar-refractivity contribution in [2.75, 3.05) is 18.0 Å². The van der Waals surface area contributed by atoms with E-state index in [4.69, 9.17) is 0 Å². The van der Waals surface area contributed by atoms with Crippen LogP contribution in [0, 0.1) is 12.8 Å². The van der Waals surface area contributed by atoms with Gasteiger partial charge >= 0.3 is 0 Å². The Morgan fingerprint density at radius 3 is 2.76 bits per heavy atom. The van der Waals surface area contributed by atoms with Crippen LogP contribution in [0.5, 0.6) is 0 Å². The van der Waals surface area contributed by atoms with Crippen LogP contribution in [0.3, 0.4) is 0 Å². The van der Waals surface area contributed by atoms with Gasteiger partial charge in [-0.2, -0.15) is 0 Å². The molecule has 89 valence electrons. The third-order valence-electron chi connectivity index (χ3n) is 3.70. The van der Waals surface area contributed by atoms with Crippen molar-refractivity contribution < 1.29 is 0 Å². The number of aromatic nitrogens is 2. The number of aromatic amines is 1. The Labute approximate surface area is 102 Å². The normalized spacial score (nSPS) is 17.8. The Kier molecular flexibility index (Phi) is 2.75. The smallest absolute Gasteiger partial charge is 0.203 e. The van der Waals surface area contributed by atoms with Gasteiger partial charge in [0.25, 0.3) is 0 Å². The van der Waals surface area contributed by atoms with Crippen LogP contribution < -0.4 is 4.90 Å². The lowest BCUT2D eigenvalue weighted by atomic mass is 9.95. The highest BCUT2D eigenvalue weighted by Gasteiger charge is 2.19. The number of H-pyrrole nitrogens is 1. The lowest BCUT2D eigenvalue weighted by Crippen LogP contribution is -2.34. The van der Waals surface area contributed by atoms with Gasteiger partial charge in [0.2, 0.25) is 5.95 Å². The molecule has 1 radical (unpaired) electrons. The first kappa shape index (κ1) is 10.6. The Morgan fingerprint density at radius 2 is 2.06 bits per heavy atom. The average molecular weight is 228 g/mol. The van der Waals surface area contributed by atoms with E-state index in [9.17, 15) is 0 Å². The Morgan fingerprint density at radius 1 is 1.29 bits per heavy atom. The molecule has 1 aliphatic heterocycles. The summed E-state index contributed by atoms with van der Waals surface area (Å²) >= 11 is 0. The maximum absolute atomic E-state index is 4.64. The summed E-state index contributed by atoms with van der Waals surface area (Å²) in [7, 11) is 0. The molecule has 0 aliphatic carbocycles. The van der Waals surface area contributed by atoms with Crippen molar-refractivity contribution in [2.24, 2.45) is 5.92 Å². The molecule has 2 aromatic rings. The van der Waals surface area contributed by atoms with Crippen LogP contribution in [0.2, 0.25) is 0 Å². The van der Waals surface area contributed by atoms with Crippen LogP contribution in [-0.4, -0.2) is 23.1 Å². The van der Waals surface area contributed by atoms with E-state index >= 15 is 0 Å². The van der Waals surface area contributed by atoms with Crippen molar-refractivity contribution in [3.05, 3.63) is 31.2 Å². The van der Waals surface area contributed by atoms with E-state index in [1.165, 1.54) is 12.8 Å². The van der Waals surface area contributed by atoms with Gasteiger partial charge < -0.3 is 9.88 Å². The third kappa shape index (κ3) is 2.02. The van der Waals surface area contributed by atoms with Crippen LogP contribution in [0.15, 0.2) is 24.3 Å². The second-order valence-corrected chi connectivity index (χ2v) is 4.80. The van der Waals surface area contributed by atoms with Crippen molar-refractivity contribution in [1.82, 2.24) is 9.97 Å². The lowest BCUT2D eigenvalue weighted by Gasteiger charge is -2.31. The molecule has 3 nitrogen and oxygen atoms in total. The fourth-order valence-electron chi connectivity index (χ4n) is 2.52. The SMILES string of the molecule is [CH2]CC1CCN(c2nc3ccccc3[nH]2)CC1. The maximum atomic E-state index is 4.64. The molecule has 1 aromatic heterocycles. The summed E-state index contributed by atoms with van der Waals surface area (Å²) in [4.78, 5) is 10.4. The fraction of sp³-hybridized carbons (Fsp3) is 0.429. The molecule has 3 rings (SSSR count). The quantitative estimate of drug-likeness (QED) is 0.856. The van der Waals surface area contributed by atoms with E-state index in [-0.39, 0.29) is 0 Å². The molecule has 0 spiro atoms. The number of rotatable bonds is 2. The van der Waals surface area contributed by atoms with Gasteiger partial charge in [-0.25, -0.2) is 4.98 Å². The van der Waals surface area contributed by atoms with E-state index in [2.05, 4.69) is 33.9 Å². The summed E-state index contributed by atoms with van der Waals surface area (Å²) in [6, 6.07) is 8.20. The predicted octanol–water partition coefficient (Wildman–Crippen LogP) is 3.00. The van der Waals surface area contributed by atoms with E-state index in [0.717, 1.165) is 42.4 Å². The van der Waals surface area contributed by atoms with Crippen LogP contribution >= 0.6 is 0 Å². The molecule has 0 atom stereocenters. The van der Waals surface area contributed by atoms with Gasteiger partial charge in [-0.15, -0.1) is 0 Å². The van der Waals surface area contributed by atoms with Gasteiger partial charge in [-0.3, -0.25) is 0 Å². The molecular formula is C14H18N3. The van der Waals surface area contributed by atoms with E-state index in [1.807, 2.05) is 12.1 Å². The molecular weight excluding hydrogens is 210 g/mol. The van der Waals surface area contributed by atoms with Crippen LogP contribution in [-0.2, 0) is 0 Å². The highest BCUT2D eigenvalue weighted by Crippen LogP contribution is 2.24. The highest BCUT2D eigenvalue weighted by molar-refractivity contribution is 5.77. The number of fused-ring (bicyclic) bond motifs is 1. The first-order chi connectivity index (χ1) is 8.36. The summed E-state index contributed by atoms with van der Waals surface area (Å²) in [6.45, 7) is 6.19. The summed E-state index contributed by atoms with van der Waals surface area (Å²) in [5.41, 5.74) is 2.18. The molecule has 0 bridgehead atoms. The van der Waals surface area contributed by atoms with Crippen molar-refractivity contribution in [3.8, 4) is 0 Å². The Hall–Kier alpha value is -1.51. The van der Waals surface area contributed by atoms with E-state index in [0.29, 0.717) is 0 Å². The van der Waals surface area contributed by atoms with Crippen molar-refractivity contribution >= 4 is 17.0 Å². The molecule has 1 N–H and O–H groups in total. The fourth-order valence-corrected chi connectivity index (χ4v) is 2.52. The minimum absolute atomic E-state index is 0.802. The second kappa shape index (κ2) is 4.40. The van der Waals surface area contributed by atoms with Crippen LogP contribution in [0.25, 0.3) is 11.0 Å². The summed E-state index contributed by atoms with van der Waals surface area (Å²) in [5, 5.41) is 0. The third-order valence-corrected chi connectivity index (χ3v) is 3.70. The van der Waals surface area contributed by atoms with Crippen LogP contribution in [0.1, 0.15) is 19.3 Å². The monoisotopic (exact) mass is 228 g/mol. The zero-order chi connectivity index (χ0) is 11.7. The second-order valence-electron chi connectivity index (χ2n) is 4.80. The Balaban J connectivity index is 1.80. The molecule has 1 aromatic carbocycles. The number of hydrogen-bond acceptors (Lipinski definition) is 2. The Bertz CT molecular complexity index is 462. The summed E-state index contributed by atoms with van der Waals surface area (Å²) < 4.78 is 0. The molecule has 1 fully saturated rings. The van der Waals surface area contributed by atoms with E-state index < -0.39 is 0 Å². The number of nitrogens with one attached hydrogen (secondary N) is 1. The number of hydrogen-bond donors (Lipinski definition) is 1. The van der Waals surface area contributed by atoms with Gasteiger partial charge in [0.15, 0.2) is 0 Å². The van der Waals surface area contributed by atoms with Crippen molar-refractivity contribution in [3.63, 3.8) is 0 Å².